The van der Waals surface area contributed by atoms with Crippen LogP contribution in [0.15, 0.2) is 24.3 Å². The summed E-state index contributed by atoms with van der Waals surface area (Å²) in [6.45, 7) is 3.86. The van der Waals surface area contributed by atoms with Gasteiger partial charge in [-0.25, -0.2) is 0 Å². The van der Waals surface area contributed by atoms with E-state index < -0.39 is 0 Å². The molecule has 0 amide bonds. The summed E-state index contributed by atoms with van der Waals surface area (Å²) >= 11 is 0. The van der Waals surface area contributed by atoms with Crippen molar-refractivity contribution in [1.82, 2.24) is 4.90 Å². The lowest BCUT2D eigenvalue weighted by molar-refractivity contribution is 0.250. The van der Waals surface area contributed by atoms with E-state index >= 15 is 0 Å². The maximum Gasteiger partial charge on any atom is 0.119 e. The summed E-state index contributed by atoms with van der Waals surface area (Å²) in [5, 5.41) is 0. The van der Waals surface area contributed by atoms with Crippen LogP contribution in [0.5, 0.6) is 5.75 Å². The molecule has 0 saturated heterocycles. The van der Waals surface area contributed by atoms with Gasteiger partial charge in [0.05, 0.1) is 7.11 Å². The molecule has 0 radical (unpaired) electrons. The fourth-order valence-electron chi connectivity index (χ4n) is 1.93. The van der Waals surface area contributed by atoms with E-state index in [-0.39, 0.29) is 6.04 Å². The second-order valence-electron chi connectivity index (χ2n) is 4.01. The lowest BCUT2D eigenvalue weighted by atomic mass is 10.1. The first-order chi connectivity index (χ1) is 7.72. The molecule has 0 aliphatic heterocycles. The minimum Gasteiger partial charge on any atom is -0.497 e. The molecule has 16 heavy (non-hydrogen) atoms. The molecule has 0 heterocycles. The van der Waals surface area contributed by atoms with Gasteiger partial charge >= 0.3 is 0 Å². The maximum absolute atomic E-state index is 5.85. The van der Waals surface area contributed by atoms with E-state index in [1.807, 2.05) is 12.1 Å². The smallest absolute Gasteiger partial charge is 0.119 e. The number of hydrogen-bond acceptors (Lipinski definition) is 3. The molecule has 0 bridgehead atoms. The standard InChI is InChI=1S/C13H22N2O/c1-4-8-15(2)13(10-14)11-6-5-7-12(9-11)16-3/h5-7,9,13H,4,8,10,14H2,1-3H3. The molecule has 1 aromatic carbocycles. The molecular weight excluding hydrogens is 200 g/mol. The van der Waals surface area contributed by atoms with Crippen LogP contribution in [0.25, 0.3) is 0 Å². The minimum atomic E-state index is 0.273. The molecule has 2 N–H and O–H groups in total. The number of ether oxygens (including phenoxy) is 1. The molecule has 0 fully saturated rings. The maximum atomic E-state index is 5.85. The molecule has 0 aliphatic carbocycles. The fraction of sp³-hybridized carbons (Fsp3) is 0.538. The number of nitrogens with two attached hydrogens (primary N) is 1. The summed E-state index contributed by atoms with van der Waals surface area (Å²) < 4.78 is 5.23. The molecule has 0 aliphatic rings. The van der Waals surface area contributed by atoms with Crippen molar-refractivity contribution in [2.75, 3.05) is 27.2 Å². The van der Waals surface area contributed by atoms with Crippen molar-refractivity contribution in [1.29, 1.82) is 0 Å². The fourth-order valence-corrected chi connectivity index (χ4v) is 1.93. The number of methoxy groups -OCH3 is 1. The third kappa shape index (κ3) is 3.22. The average molecular weight is 222 g/mol. The van der Waals surface area contributed by atoms with Crippen molar-refractivity contribution >= 4 is 0 Å². The Kier molecular flexibility index (Phi) is 5.29. The van der Waals surface area contributed by atoms with Crippen molar-refractivity contribution in [2.24, 2.45) is 5.73 Å². The number of rotatable bonds is 6. The molecule has 0 spiro atoms. The number of benzene rings is 1. The van der Waals surface area contributed by atoms with Gasteiger partial charge < -0.3 is 10.5 Å². The Morgan fingerprint density at radius 3 is 2.75 bits per heavy atom. The Morgan fingerprint density at radius 2 is 2.19 bits per heavy atom. The molecule has 0 saturated carbocycles. The van der Waals surface area contributed by atoms with Gasteiger partial charge in [0.1, 0.15) is 5.75 Å². The van der Waals surface area contributed by atoms with Crippen LogP contribution in [-0.2, 0) is 0 Å². The zero-order valence-corrected chi connectivity index (χ0v) is 10.4. The summed E-state index contributed by atoms with van der Waals surface area (Å²) in [5.41, 5.74) is 7.07. The Bertz CT molecular complexity index is 315. The van der Waals surface area contributed by atoms with Crippen molar-refractivity contribution in [3.63, 3.8) is 0 Å². The summed E-state index contributed by atoms with van der Waals surface area (Å²) in [4.78, 5) is 2.29. The molecule has 0 aromatic heterocycles. The molecular formula is C13H22N2O. The van der Waals surface area contributed by atoms with Gasteiger partial charge in [0.15, 0.2) is 0 Å². The highest BCUT2D eigenvalue weighted by Crippen LogP contribution is 2.22. The van der Waals surface area contributed by atoms with Crippen molar-refractivity contribution in [3.8, 4) is 5.75 Å². The van der Waals surface area contributed by atoms with E-state index in [2.05, 4.69) is 31.0 Å². The first-order valence-corrected chi connectivity index (χ1v) is 5.77. The number of likely N-dealkylation sites (N-methyl/N-ethyl adjacent to an activating group) is 1. The van der Waals surface area contributed by atoms with Crippen LogP contribution in [0.4, 0.5) is 0 Å². The van der Waals surface area contributed by atoms with Crippen molar-refractivity contribution in [3.05, 3.63) is 29.8 Å². The third-order valence-corrected chi connectivity index (χ3v) is 2.81. The largest absolute Gasteiger partial charge is 0.497 e. The molecule has 3 nitrogen and oxygen atoms in total. The highest BCUT2D eigenvalue weighted by molar-refractivity contribution is 5.30. The molecule has 3 heteroatoms. The van der Waals surface area contributed by atoms with E-state index in [1.54, 1.807) is 7.11 Å². The Balaban J connectivity index is 2.85. The predicted molar refractivity (Wildman–Crippen MR) is 67.7 cm³/mol. The van der Waals surface area contributed by atoms with Gasteiger partial charge in [0, 0.05) is 12.6 Å². The summed E-state index contributed by atoms with van der Waals surface area (Å²) in [5.74, 6) is 0.890. The van der Waals surface area contributed by atoms with Gasteiger partial charge in [-0.2, -0.15) is 0 Å². The highest BCUT2D eigenvalue weighted by atomic mass is 16.5. The van der Waals surface area contributed by atoms with E-state index in [0.717, 1.165) is 18.7 Å². The van der Waals surface area contributed by atoms with E-state index in [1.165, 1.54) is 5.56 Å². The van der Waals surface area contributed by atoms with Gasteiger partial charge in [0.2, 0.25) is 0 Å². The average Bonchev–Trinajstić information content (AvgIpc) is 2.31. The van der Waals surface area contributed by atoms with Crippen LogP contribution in [0, 0.1) is 0 Å². The molecule has 90 valence electrons. The van der Waals surface area contributed by atoms with Gasteiger partial charge in [0.25, 0.3) is 0 Å². The summed E-state index contributed by atoms with van der Waals surface area (Å²) in [6, 6.07) is 8.40. The van der Waals surface area contributed by atoms with Crippen LogP contribution in [-0.4, -0.2) is 32.1 Å². The van der Waals surface area contributed by atoms with Crippen LogP contribution in [0.1, 0.15) is 24.9 Å². The van der Waals surface area contributed by atoms with Crippen LogP contribution < -0.4 is 10.5 Å². The minimum absolute atomic E-state index is 0.273. The van der Waals surface area contributed by atoms with Gasteiger partial charge in [-0.15, -0.1) is 0 Å². The lowest BCUT2D eigenvalue weighted by Gasteiger charge is -2.27. The monoisotopic (exact) mass is 222 g/mol. The molecule has 1 unspecified atom stereocenters. The zero-order valence-electron chi connectivity index (χ0n) is 10.4. The molecule has 1 atom stereocenters. The Hall–Kier alpha value is -1.06. The van der Waals surface area contributed by atoms with Gasteiger partial charge in [-0.3, -0.25) is 4.90 Å². The van der Waals surface area contributed by atoms with E-state index in [9.17, 15) is 0 Å². The second kappa shape index (κ2) is 6.51. The van der Waals surface area contributed by atoms with Crippen LogP contribution >= 0.6 is 0 Å². The van der Waals surface area contributed by atoms with Crippen molar-refractivity contribution < 1.29 is 4.74 Å². The Morgan fingerprint density at radius 1 is 1.44 bits per heavy atom. The summed E-state index contributed by atoms with van der Waals surface area (Å²) in [6.07, 6.45) is 1.14. The van der Waals surface area contributed by atoms with Crippen LogP contribution in [0.2, 0.25) is 0 Å². The third-order valence-electron chi connectivity index (χ3n) is 2.81. The van der Waals surface area contributed by atoms with Gasteiger partial charge in [-0.1, -0.05) is 19.1 Å². The summed E-state index contributed by atoms with van der Waals surface area (Å²) in [7, 11) is 3.80. The van der Waals surface area contributed by atoms with Gasteiger partial charge in [-0.05, 0) is 37.7 Å². The van der Waals surface area contributed by atoms with E-state index in [0.29, 0.717) is 6.54 Å². The highest BCUT2D eigenvalue weighted by Gasteiger charge is 2.14. The Labute approximate surface area is 98.2 Å². The topological polar surface area (TPSA) is 38.5 Å². The molecule has 1 aromatic rings. The number of hydrogen-bond donors (Lipinski definition) is 1. The van der Waals surface area contributed by atoms with E-state index in [4.69, 9.17) is 10.5 Å². The lowest BCUT2D eigenvalue weighted by Crippen LogP contribution is -2.31. The van der Waals surface area contributed by atoms with Crippen LogP contribution in [0.3, 0.4) is 0 Å². The number of nitrogens with zero attached hydrogens (tertiary/aromatic N) is 1. The first kappa shape index (κ1) is 13.0. The SMILES string of the molecule is CCCN(C)C(CN)c1cccc(OC)c1. The molecule has 1 rings (SSSR count). The van der Waals surface area contributed by atoms with Crippen molar-refractivity contribution in [2.45, 2.75) is 19.4 Å². The second-order valence-corrected chi connectivity index (χ2v) is 4.01. The first-order valence-electron chi connectivity index (χ1n) is 5.77. The quantitative estimate of drug-likeness (QED) is 0.800. The zero-order chi connectivity index (χ0) is 12.0. The normalized spacial score (nSPS) is 12.8. The predicted octanol–water partition coefficient (Wildman–Crippen LogP) is 2.04.